The number of carbonyl (C=O) groups is 1. The number of aromatic carboxylic acids is 1. The van der Waals surface area contributed by atoms with E-state index in [9.17, 15) is 4.79 Å². The monoisotopic (exact) mass is 232 g/mol. The molecule has 88 valence electrons. The van der Waals surface area contributed by atoms with E-state index in [1.807, 2.05) is 31.2 Å². The molecule has 0 fully saturated rings. The van der Waals surface area contributed by atoms with Crippen molar-refractivity contribution in [1.82, 2.24) is 0 Å². The summed E-state index contributed by atoms with van der Waals surface area (Å²) in [6.07, 6.45) is 1.35. The molecule has 1 heterocycles. The highest BCUT2D eigenvalue weighted by Crippen LogP contribution is 2.17. The third kappa shape index (κ3) is 2.66. The Kier molecular flexibility index (Phi) is 3.14. The normalized spacial score (nSPS) is 10.2. The van der Waals surface area contributed by atoms with Crippen molar-refractivity contribution in [1.29, 1.82) is 0 Å². The Labute approximate surface area is 98.4 Å². The van der Waals surface area contributed by atoms with Crippen molar-refractivity contribution >= 4 is 5.97 Å². The quantitative estimate of drug-likeness (QED) is 0.880. The van der Waals surface area contributed by atoms with Gasteiger partial charge in [0, 0.05) is 5.56 Å². The SMILES string of the molecule is Cc1cccc(OCc2ccoc2C(=O)O)c1. The van der Waals surface area contributed by atoms with E-state index >= 15 is 0 Å². The van der Waals surface area contributed by atoms with Crippen LogP contribution >= 0.6 is 0 Å². The second-order valence-corrected chi connectivity index (χ2v) is 3.69. The van der Waals surface area contributed by atoms with Gasteiger partial charge in [0.15, 0.2) is 0 Å². The van der Waals surface area contributed by atoms with E-state index < -0.39 is 5.97 Å². The number of rotatable bonds is 4. The minimum atomic E-state index is -1.09. The molecule has 1 aromatic carbocycles. The van der Waals surface area contributed by atoms with E-state index in [0.717, 1.165) is 5.56 Å². The molecular weight excluding hydrogens is 220 g/mol. The van der Waals surface area contributed by atoms with Gasteiger partial charge in [-0.3, -0.25) is 0 Å². The van der Waals surface area contributed by atoms with E-state index in [0.29, 0.717) is 11.3 Å². The van der Waals surface area contributed by atoms with Gasteiger partial charge in [-0.05, 0) is 30.7 Å². The maximum atomic E-state index is 10.8. The van der Waals surface area contributed by atoms with Crippen LogP contribution in [0.1, 0.15) is 21.7 Å². The molecule has 0 atom stereocenters. The average Bonchev–Trinajstić information content (AvgIpc) is 2.74. The van der Waals surface area contributed by atoms with E-state index in [1.54, 1.807) is 6.07 Å². The Morgan fingerprint density at radius 3 is 2.94 bits per heavy atom. The van der Waals surface area contributed by atoms with Gasteiger partial charge < -0.3 is 14.3 Å². The first-order valence-electron chi connectivity index (χ1n) is 5.16. The Balaban J connectivity index is 2.07. The van der Waals surface area contributed by atoms with Gasteiger partial charge in [-0.25, -0.2) is 4.79 Å². The van der Waals surface area contributed by atoms with Crippen LogP contribution in [0.25, 0.3) is 0 Å². The molecule has 0 radical (unpaired) electrons. The van der Waals surface area contributed by atoms with Crippen LogP contribution in [0.15, 0.2) is 41.0 Å². The lowest BCUT2D eigenvalue weighted by Crippen LogP contribution is -2.02. The van der Waals surface area contributed by atoms with Crippen molar-refractivity contribution in [3.63, 3.8) is 0 Å². The third-order valence-corrected chi connectivity index (χ3v) is 2.32. The van der Waals surface area contributed by atoms with Gasteiger partial charge in [0.05, 0.1) is 6.26 Å². The van der Waals surface area contributed by atoms with E-state index in [4.69, 9.17) is 14.3 Å². The molecule has 0 unspecified atom stereocenters. The second kappa shape index (κ2) is 4.74. The molecule has 0 aliphatic carbocycles. The summed E-state index contributed by atoms with van der Waals surface area (Å²) in [4.78, 5) is 10.8. The molecule has 0 bridgehead atoms. The predicted octanol–water partition coefficient (Wildman–Crippen LogP) is 2.87. The molecule has 1 N–H and O–H groups in total. The zero-order chi connectivity index (χ0) is 12.3. The summed E-state index contributed by atoms with van der Waals surface area (Å²) in [7, 11) is 0. The molecule has 17 heavy (non-hydrogen) atoms. The van der Waals surface area contributed by atoms with Gasteiger partial charge in [0.1, 0.15) is 12.4 Å². The van der Waals surface area contributed by atoms with Crippen LogP contribution in [-0.4, -0.2) is 11.1 Å². The number of aryl methyl sites for hydroxylation is 1. The summed E-state index contributed by atoms with van der Waals surface area (Å²) in [5.74, 6) is -0.446. The molecule has 0 saturated heterocycles. The first-order chi connectivity index (χ1) is 8.16. The molecule has 0 aliphatic heterocycles. The fourth-order valence-electron chi connectivity index (χ4n) is 1.50. The largest absolute Gasteiger partial charge is 0.489 e. The Morgan fingerprint density at radius 2 is 2.24 bits per heavy atom. The van der Waals surface area contributed by atoms with E-state index in [1.165, 1.54) is 6.26 Å². The molecule has 4 nitrogen and oxygen atoms in total. The summed E-state index contributed by atoms with van der Waals surface area (Å²) in [5, 5.41) is 8.85. The van der Waals surface area contributed by atoms with Gasteiger partial charge in [-0.2, -0.15) is 0 Å². The Hall–Kier alpha value is -2.23. The fraction of sp³-hybridized carbons (Fsp3) is 0.154. The first kappa shape index (κ1) is 11.3. The second-order valence-electron chi connectivity index (χ2n) is 3.69. The van der Waals surface area contributed by atoms with Crippen molar-refractivity contribution in [2.45, 2.75) is 13.5 Å². The van der Waals surface area contributed by atoms with E-state index in [2.05, 4.69) is 0 Å². The molecule has 4 heteroatoms. The summed E-state index contributed by atoms with van der Waals surface area (Å²) >= 11 is 0. The summed E-state index contributed by atoms with van der Waals surface area (Å²) < 4.78 is 10.4. The zero-order valence-electron chi connectivity index (χ0n) is 9.34. The maximum absolute atomic E-state index is 10.8. The van der Waals surface area contributed by atoms with Crippen LogP contribution in [0.5, 0.6) is 5.75 Å². The summed E-state index contributed by atoms with van der Waals surface area (Å²) in [6.45, 7) is 2.15. The molecule has 1 aromatic heterocycles. The van der Waals surface area contributed by atoms with Crippen LogP contribution in [0, 0.1) is 6.92 Å². The van der Waals surface area contributed by atoms with E-state index in [-0.39, 0.29) is 12.4 Å². The topological polar surface area (TPSA) is 59.7 Å². The van der Waals surface area contributed by atoms with Crippen molar-refractivity contribution in [2.24, 2.45) is 0 Å². The summed E-state index contributed by atoms with van der Waals surface area (Å²) in [5.41, 5.74) is 1.62. The van der Waals surface area contributed by atoms with Crippen LogP contribution in [-0.2, 0) is 6.61 Å². The standard InChI is InChI=1S/C13H12O4/c1-9-3-2-4-11(7-9)17-8-10-5-6-16-12(10)13(14)15/h2-7H,8H2,1H3,(H,14,15). The van der Waals surface area contributed by atoms with Crippen molar-refractivity contribution < 1.29 is 19.1 Å². The molecular formula is C13H12O4. The number of hydrogen-bond donors (Lipinski definition) is 1. The third-order valence-electron chi connectivity index (χ3n) is 2.32. The number of carboxylic acids is 1. The van der Waals surface area contributed by atoms with Gasteiger partial charge in [0.2, 0.25) is 5.76 Å². The molecule has 0 amide bonds. The van der Waals surface area contributed by atoms with Gasteiger partial charge >= 0.3 is 5.97 Å². The molecule has 2 rings (SSSR count). The van der Waals surface area contributed by atoms with Crippen LogP contribution in [0.4, 0.5) is 0 Å². The fourth-order valence-corrected chi connectivity index (χ4v) is 1.50. The average molecular weight is 232 g/mol. The van der Waals surface area contributed by atoms with Crippen molar-refractivity contribution in [2.75, 3.05) is 0 Å². The van der Waals surface area contributed by atoms with Crippen molar-refractivity contribution in [3.05, 3.63) is 53.5 Å². The molecule has 2 aromatic rings. The van der Waals surface area contributed by atoms with Gasteiger partial charge in [0.25, 0.3) is 0 Å². The number of carboxylic acid groups (broad SMARTS) is 1. The Morgan fingerprint density at radius 1 is 1.41 bits per heavy atom. The van der Waals surface area contributed by atoms with Crippen molar-refractivity contribution in [3.8, 4) is 5.75 Å². The minimum Gasteiger partial charge on any atom is -0.489 e. The lowest BCUT2D eigenvalue weighted by Gasteiger charge is -2.05. The lowest BCUT2D eigenvalue weighted by atomic mass is 10.2. The zero-order valence-corrected chi connectivity index (χ0v) is 9.34. The van der Waals surface area contributed by atoms with Gasteiger partial charge in [-0.15, -0.1) is 0 Å². The lowest BCUT2D eigenvalue weighted by molar-refractivity contribution is 0.0658. The van der Waals surface area contributed by atoms with Crippen LogP contribution in [0.3, 0.4) is 0 Å². The molecule has 0 saturated carbocycles. The minimum absolute atomic E-state index is 0.0716. The number of furan rings is 1. The smallest absolute Gasteiger partial charge is 0.372 e. The highest BCUT2D eigenvalue weighted by molar-refractivity contribution is 5.86. The van der Waals surface area contributed by atoms with Gasteiger partial charge in [-0.1, -0.05) is 12.1 Å². The number of benzene rings is 1. The van der Waals surface area contributed by atoms with Crippen LogP contribution < -0.4 is 4.74 Å². The van der Waals surface area contributed by atoms with Crippen LogP contribution in [0.2, 0.25) is 0 Å². The Bertz CT molecular complexity index is 528. The predicted molar refractivity (Wildman–Crippen MR) is 61.2 cm³/mol. The molecule has 0 aliphatic rings. The number of hydrogen-bond acceptors (Lipinski definition) is 3. The molecule has 0 spiro atoms. The maximum Gasteiger partial charge on any atom is 0.372 e. The first-order valence-corrected chi connectivity index (χ1v) is 5.16. The highest BCUT2D eigenvalue weighted by Gasteiger charge is 2.14. The number of ether oxygens (including phenoxy) is 1. The summed E-state index contributed by atoms with van der Waals surface area (Å²) in [6, 6.07) is 9.17. The highest BCUT2D eigenvalue weighted by atomic mass is 16.5.